The first kappa shape index (κ1) is 33.7. The molecule has 2 amide bonds. The Bertz CT molecular complexity index is 584. The summed E-state index contributed by atoms with van der Waals surface area (Å²) in [7, 11) is -4.67. The van der Waals surface area contributed by atoms with Crippen molar-refractivity contribution in [2.75, 3.05) is 12.3 Å². The molecule has 2 atom stereocenters. The minimum atomic E-state index is -4.67. The average molecular weight is 491 g/mol. The average Bonchev–Trinajstić information content (AvgIpc) is 2.45. The molecule has 27 heavy (non-hydrogen) atoms. The Kier molecular flexibility index (Phi) is 21.5. The van der Waals surface area contributed by atoms with Gasteiger partial charge in [-0.2, -0.15) is 21.0 Å². The van der Waals surface area contributed by atoms with Crippen LogP contribution in [0.2, 0.25) is 0 Å². The molecule has 0 aromatic carbocycles. The predicted molar refractivity (Wildman–Crippen MR) is 95.4 cm³/mol. The molecule has 0 aromatic heterocycles. The number of nitrogens with two attached hydrogens (primary N) is 1. The van der Waals surface area contributed by atoms with Crippen LogP contribution in [0.25, 0.3) is 0 Å². The van der Waals surface area contributed by atoms with Crippen LogP contribution in [0.4, 0.5) is 0 Å². The molecule has 0 aliphatic heterocycles. The number of carbonyl (C=O) groups is 4. The number of hydrogen-bond acceptors (Lipinski definition) is 8. The fraction of sp³-hybridized carbons (Fsp3) is 0.600. The number of carboxylic acid groups (broad SMARTS) is 2. The van der Waals surface area contributed by atoms with Crippen molar-refractivity contribution >= 4 is 64.1 Å². The van der Waals surface area contributed by atoms with Crippen molar-refractivity contribution in [1.29, 1.82) is 0 Å². The van der Waals surface area contributed by atoms with E-state index in [1.165, 1.54) is 0 Å². The number of carbonyl (C=O) groups excluding carboxylic acids is 2. The minimum Gasteiger partial charge on any atom is -0.480 e. The zero-order chi connectivity index (χ0) is 20.2. The smallest absolute Gasteiger partial charge is 0.394 e. The molecule has 0 heterocycles. The summed E-state index contributed by atoms with van der Waals surface area (Å²) in [6, 6.07) is -2.15. The first-order valence-corrected chi connectivity index (χ1v) is 8.38. The normalized spacial score (nSPS) is 11.9. The van der Waals surface area contributed by atoms with Crippen LogP contribution >= 0.6 is 12.6 Å². The van der Waals surface area contributed by atoms with Gasteiger partial charge in [0.05, 0.1) is 0 Å². The molecule has 0 aliphatic rings. The van der Waals surface area contributed by atoms with E-state index in [0.29, 0.717) is 0 Å². The van der Waals surface area contributed by atoms with Crippen molar-refractivity contribution in [3.63, 3.8) is 0 Å². The van der Waals surface area contributed by atoms with Gasteiger partial charge in [0.2, 0.25) is 11.8 Å². The SMILES string of the molecule is NC(CCC(=O)NC(CS)C(=O)NCC(=O)O)C(=O)O.O=S(=O)(O)O.[AlH3].[Fe]. The molecule has 0 saturated carbocycles. The van der Waals surface area contributed by atoms with Crippen LogP contribution in [0.3, 0.4) is 0 Å². The molecule has 0 bridgehead atoms. The van der Waals surface area contributed by atoms with Crippen LogP contribution in [-0.4, -0.2) is 93.2 Å². The summed E-state index contributed by atoms with van der Waals surface area (Å²) >= 11 is 3.87. The van der Waals surface area contributed by atoms with Gasteiger partial charge in [0.15, 0.2) is 17.4 Å². The van der Waals surface area contributed by atoms with E-state index in [9.17, 15) is 19.2 Å². The zero-order valence-electron chi connectivity index (χ0n) is 13.0. The quantitative estimate of drug-likeness (QED) is 0.0878. The van der Waals surface area contributed by atoms with Crippen molar-refractivity contribution in [3.05, 3.63) is 0 Å². The second kappa shape index (κ2) is 17.2. The molecule has 0 radical (unpaired) electrons. The Morgan fingerprint density at radius 1 is 1.11 bits per heavy atom. The molecule has 13 nitrogen and oxygen atoms in total. The van der Waals surface area contributed by atoms with Crippen LogP contribution < -0.4 is 16.4 Å². The Hall–Kier alpha value is -0.888. The number of carboxylic acids is 2. The van der Waals surface area contributed by atoms with E-state index in [0.717, 1.165) is 0 Å². The van der Waals surface area contributed by atoms with Crippen molar-refractivity contribution < 1.29 is 64.0 Å². The maximum atomic E-state index is 11.5. The summed E-state index contributed by atoms with van der Waals surface area (Å²) in [5.41, 5.74) is 5.23. The molecule has 0 aromatic rings. The number of amides is 2. The van der Waals surface area contributed by atoms with Gasteiger partial charge in [-0.25, -0.2) is 0 Å². The number of aliphatic carboxylic acids is 2. The Morgan fingerprint density at radius 2 is 1.56 bits per heavy atom. The van der Waals surface area contributed by atoms with Crippen LogP contribution in [0.15, 0.2) is 0 Å². The van der Waals surface area contributed by atoms with Gasteiger partial charge in [-0.1, -0.05) is 0 Å². The van der Waals surface area contributed by atoms with Gasteiger partial charge in [0.25, 0.3) is 0 Å². The van der Waals surface area contributed by atoms with Gasteiger partial charge >= 0.3 is 22.3 Å². The molecule has 160 valence electrons. The summed E-state index contributed by atoms with van der Waals surface area (Å²) in [6.07, 6.45) is -0.235. The molecule has 8 N–H and O–H groups in total. The third-order valence-corrected chi connectivity index (χ3v) is 2.61. The van der Waals surface area contributed by atoms with Gasteiger partial charge in [0.1, 0.15) is 18.6 Å². The Labute approximate surface area is 181 Å². The van der Waals surface area contributed by atoms with Crippen LogP contribution in [0, 0.1) is 0 Å². The van der Waals surface area contributed by atoms with E-state index in [-0.39, 0.29) is 53.0 Å². The zero-order valence-corrected chi connectivity index (χ0v) is 15.8. The van der Waals surface area contributed by atoms with Gasteiger partial charge in [-0.15, -0.1) is 0 Å². The van der Waals surface area contributed by atoms with E-state index in [2.05, 4.69) is 23.3 Å². The second-order valence-electron chi connectivity index (χ2n) is 4.35. The Balaban J connectivity index is -0.000000333. The molecular weight excluding hydrogens is 469 g/mol. The number of nitrogens with one attached hydrogen (secondary N) is 2. The third-order valence-electron chi connectivity index (χ3n) is 2.25. The second-order valence-corrected chi connectivity index (χ2v) is 5.61. The fourth-order valence-electron chi connectivity index (χ4n) is 1.16. The molecule has 2 unspecified atom stereocenters. The van der Waals surface area contributed by atoms with Crippen molar-refractivity contribution in [3.8, 4) is 0 Å². The van der Waals surface area contributed by atoms with Crippen molar-refractivity contribution in [2.45, 2.75) is 24.9 Å². The largest absolute Gasteiger partial charge is 0.480 e. The molecule has 0 saturated heterocycles. The molecule has 0 rings (SSSR count). The molecular formula is C10H22AlFeN3O10S2. The number of hydrogen-bond donors (Lipinski definition) is 8. The summed E-state index contributed by atoms with van der Waals surface area (Å²) in [4.78, 5) is 43.7. The molecule has 0 spiro atoms. The first-order valence-electron chi connectivity index (χ1n) is 6.35. The van der Waals surface area contributed by atoms with Gasteiger partial charge < -0.3 is 26.6 Å². The van der Waals surface area contributed by atoms with Crippen LogP contribution in [0.5, 0.6) is 0 Å². The summed E-state index contributed by atoms with van der Waals surface area (Å²) in [6.45, 7) is -0.567. The van der Waals surface area contributed by atoms with E-state index in [4.69, 9.17) is 33.5 Å². The predicted octanol–water partition coefficient (Wildman–Crippen LogP) is -4.05. The summed E-state index contributed by atoms with van der Waals surface area (Å²) in [5, 5.41) is 21.4. The van der Waals surface area contributed by atoms with Gasteiger partial charge in [-0.05, 0) is 6.42 Å². The van der Waals surface area contributed by atoms with E-state index in [1.54, 1.807) is 0 Å². The van der Waals surface area contributed by atoms with E-state index < -0.39 is 52.8 Å². The minimum absolute atomic E-state index is 0. The Morgan fingerprint density at radius 3 is 1.89 bits per heavy atom. The summed E-state index contributed by atoms with van der Waals surface area (Å²) in [5.74, 6) is -3.70. The van der Waals surface area contributed by atoms with Gasteiger partial charge in [-0.3, -0.25) is 28.3 Å². The van der Waals surface area contributed by atoms with E-state index in [1.807, 2.05) is 0 Å². The van der Waals surface area contributed by atoms with Crippen LogP contribution in [0.1, 0.15) is 12.8 Å². The maximum absolute atomic E-state index is 11.5. The maximum Gasteiger partial charge on any atom is 0.394 e. The molecule has 0 fully saturated rings. The number of rotatable bonds is 9. The monoisotopic (exact) mass is 491 g/mol. The first-order chi connectivity index (χ1) is 11.3. The topological polar surface area (TPSA) is 233 Å². The fourth-order valence-corrected chi connectivity index (χ4v) is 1.41. The summed E-state index contributed by atoms with van der Waals surface area (Å²) < 4.78 is 31.6. The van der Waals surface area contributed by atoms with Gasteiger partial charge in [0, 0.05) is 29.2 Å². The van der Waals surface area contributed by atoms with Crippen LogP contribution in [-0.2, 0) is 46.6 Å². The standard InChI is InChI=1S/C10H17N3O6S.Al.Fe.H2O4S.3H/c11-5(10(18)19)1-2-7(14)13-6(4-20)9(17)12-3-8(15)16;;;1-5(2,3)4;;;/h5-6,20H,1-4,11H2,(H,12,17)(H,13,14)(H,15,16)(H,18,19);;;(H2,1,2,3,4);;;. The molecule has 0 aliphatic carbocycles. The van der Waals surface area contributed by atoms with Crippen molar-refractivity contribution in [1.82, 2.24) is 10.6 Å². The van der Waals surface area contributed by atoms with Crippen molar-refractivity contribution in [2.24, 2.45) is 5.73 Å². The molecule has 17 heteroatoms. The third kappa shape index (κ3) is 25.1. The number of thiol groups is 1. The van der Waals surface area contributed by atoms with E-state index >= 15 is 0 Å².